The van der Waals surface area contributed by atoms with Gasteiger partial charge in [0.25, 0.3) is 0 Å². The van der Waals surface area contributed by atoms with Crippen LogP contribution in [0, 0.1) is 0 Å². The van der Waals surface area contributed by atoms with Gasteiger partial charge in [-0.15, -0.1) is 0 Å². The molecule has 0 bridgehead atoms. The second kappa shape index (κ2) is 7.37. The first kappa shape index (κ1) is 11.0. The highest BCUT2D eigenvalue weighted by molar-refractivity contribution is 4.63. The van der Waals surface area contributed by atoms with Crippen molar-refractivity contribution in [1.82, 2.24) is 0 Å². The van der Waals surface area contributed by atoms with Crippen molar-refractivity contribution in [2.24, 2.45) is 0 Å². The van der Waals surface area contributed by atoms with Crippen molar-refractivity contribution in [3.05, 3.63) is 0 Å². The van der Waals surface area contributed by atoms with Gasteiger partial charge in [0.15, 0.2) is 0 Å². The molecule has 0 saturated heterocycles. The molecule has 1 heteroatoms. The molecule has 0 aliphatic heterocycles. The van der Waals surface area contributed by atoms with E-state index in [0.717, 1.165) is 6.61 Å². The van der Waals surface area contributed by atoms with Gasteiger partial charge in [-0.05, 0) is 19.3 Å². The summed E-state index contributed by atoms with van der Waals surface area (Å²) in [5.41, 5.74) is 0. The second-order valence-electron chi connectivity index (χ2n) is 4.19. The highest BCUT2D eigenvalue weighted by atomic mass is 16.5. The molecule has 0 amide bonds. The summed E-state index contributed by atoms with van der Waals surface area (Å²) in [4.78, 5) is 0. The Morgan fingerprint density at radius 2 is 1.69 bits per heavy atom. The van der Waals surface area contributed by atoms with E-state index >= 15 is 0 Å². The minimum atomic E-state index is 0.597. The van der Waals surface area contributed by atoms with Gasteiger partial charge in [-0.3, -0.25) is 0 Å². The third-order valence-corrected chi connectivity index (χ3v) is 2.90. The largest absolute Gasteiger partial charge is 0.378 e. The van der Waals surface area contributed by atoms with Crippen LogP contribution in [-0.2, 0) is 4.74 Å². The van der Waals surface area contributed by atoms with Crippen LogP contribution in [0.3, 0.4) is 0 Å². The predicted octanol–water partition coefficient (Wildman–Crippen LogP) is 3.92. The topological polar surface area (TPSA) is 9.23 Å². The minimum absolute atomic E-state index is 0.597. The molecular weight excluding hydrogens is 160 g/mol. The Labute approximate surface area is 82.9 Å². The molecule has 0 N–H and O–H groups in total. The van der Waals surface area contributed by atoms with Crippen molar-refractivity contribution in [2.75, 3.05) is 6.61 Å². The van der Waals surface area contributed by atoms with Crippen LogP contribution in [-0.4, -0.2) is 12.7 Å². The molecule has 0 unspecified atom stereocenters. The number of rotatable bonds is 5. The smallest absolute Gasteiger partial charge is 0.0575 e. The molecule has 0 radical (unpaired) electrons. The summed E-state index contributed by atoms with van der Waals surface area (Å²) in [5, 5.41) is 0. The molecule has 0 aromatic carbocycles. The second-order valence-corrected chi connectivity index (χ2v) is 4.19. The molecule has 0 aromatic heterocycles. The van der Waals surface area contributed by atoms with Gasteiger partial charge >= 0.3 is 0 Å². The van der Waals surface area contributed by atoms with Crippen molar-refractivity contribution in [3.8, 4) is 0 Å². The molecule has 1 nitrogen and oxygen atoms in total. The van der Waals surface area contributed by atoms with Gasteiger partial charge in [0.2, 0.25) is 0 Å². The van der Waals surface area contributed by atoms with Gasteiger partial charge in [-0.2, -0.15) is 0 Å². The molecule has 1 aliphatic carbocycles. The lowest BCUT2D eigenvalue weighted by Gasteiger charge is -2.14. The van der Waals surface area contributed by atoms with Crippen LogP contribution in [0.15, 0.2) is 0 Å². The van der Waals surface area contributed by atoms with Crippen molar-refractivity contribution in [1.29, 1.82) is 0 Å². The highest BCUT2D eigenvalue weighted by Crippen LogP contribution is 2.19. The third-order valence-electron chi connectivity index (χ3n) is 2.90. The Kier molecular flexibility index (Phi) is 6.26. The van der Waals surface area contributed by atoms with E-state index in [0.29, 0.717) is 6.10 Å². The molecule has 0 atom stereocenters. The van der Waals surface area contributed by atoms with E-state index in [4.69, 9.17) is 4.74 Å². The molecule has 1 fully saturated rings. The van der Waals surface area contributed by atoms with E-state index in [9.17, 15) is 0 Å². The number of ether oxygens (including phenoxy) is 1. The summed E-state index contributed by atoms with van der Waals surface area (Å²) < 4.78 is 5.86. The lowest BCUT2D eigenvalue weighted by Crippen LogP contribution is -2.12. The van der Waals surface area contributed by atoms with Crippen molar-refractivity contribution in [3.63, 3.8) is 0 Å². The lowest BCUT2D eigenvalue weighted by molar-refractivity contribution is 0.0409. The lowest BCUT2D eigenvalue weighted by atomic mass is 10.1. The fourth-order valence-corrected chi connectivity index (χ4v) is 2.01. The maximum Gasteiger partial charge on any atom is 0.0575 e. The van der Waals surface area contributed by atoms with E-state index < -0.39 is 0 Å². The molecule has 1 rings (SSSR count). The standard InChI is InChI=1S/C12H24O/c1-2-3-8-11-13-12-9-6-4-5-7-10-12/h12H,2-11H2,1H3. The molecule has 1 saturated carbocycles. The maximum atomic E-state index is 5.86. The maximum absolute atomic E-state index is 5.86. The number of unbranched alkanes of at least 4 members (excludes halogenated alkanes) is 2. The molecule has 0 aromatic rings. The quantitative estimate of drug-likeness (QED) is 0.465. The molecular formula is C12H24O. The SMILES string of the molecule is CCCCCOC1CCCCCC1. The molecule has 13 heavy (non-hydrogen) atoms. The van der Waals surface area contributed by atoms with Gasteiger partial charge in [-0.1, -0.05) is 45.4 Å². The van der Waals surface area contributed by atoms with Crippen LogP contribution >= 0.6 is 0 Å². The van der Waals surface area contributed by atoms with Crippen LogP contribution in [0.1, 0.15) is 64.7 Å². The molecule has 0 spiro atoms. The van der Waals surface area contributed by atoms with Gasteiger partial charge < -0.3 is 4.74 Å². The van der Waals surface area contributed by atoms with Gasteiger partial charge in [0.05, 0.1) is 6.10 Å². The Balaban J connectivity index is 1.98. The Morgan fingerprint density at radius 1 is 1.00 bits per heavy atom. The third kappa shape index (κ3) is 5.30. The van der Waals surface area contributed by atoms with Gasteiger partial charge in [0.1, 0.15) is 0 Å². The van der Waals surface area contributed by atoms with Crippen molar-refractivity contribution < 1.29 is 4.74 Å². The van der Waals surface area contributed by atoms with Crippen molar-refractivity contribution >= 4 is 0 Å². The van der Waals surface area contributed by atoms with Crippen LogP contribution in [0.2, 0.25) is 0 Å². The van der Waals surface area contributed by atoms with E-state index in [2.05, 4.69) is 6.92 Å². The van der Waals surface area contributed by atoms with Crippen LogP contribution < -0.4 is 0 Å². The average Bonchev–Trinajstić information content (AvgIpc) is 2.41. The summed E-state index contributed by atoms with van der Waals surface area (Å²) in [5.74, 6) is 0. The summed E-state index contributed by atoms with van der Waals surface area (Å²) in [6, 6.07) is 0. The zero-order chi connectivity index (χ0) is 9.36. The fourth-order valence-electron chi connectivity index (χ4n) is 2.01. The van der Waals surface area contributed by atoms with Crippen LogP contribution in [0.5, 0.6) is 0 Å². The first-order valence-corrected chi connectivity index (χ1v) is 6.05. The Hall–Kier alpha value is -0.0400. The zero-order valence-electron chi connectivity index (χ0n) is 9.06. The molecule has 78 valence electrons. The van der Waals surface area contributed by atoms with Crippen LogP contribution in [0.4, 0.5) is 0 Å². The zero-order valence-corrected chi connectivity index (χ0v) is 9.06. The van der Waals surface area contributed by atoms with E-state index in [1.807, 2.05) is 0 Å². The highest BCUT2D eigenvalue weighted by Gasteiger charge is 2.11. The number of hydrogen-bond donors (Lipinski definition) is 0. The van der Waals surface area contributed by atoms with Crippen molar-refractivity contribution in [2.45, 2.75) is 70.8 Å². The van der Waals surface area contributed by atoms with Crippen LogP contribution in [0.25, 0.3) is 0 Å². The molecule has 0 heterocycles. The van der Waals surface area contributed by atoms with E-state index in [1.165, 1.54) is 57.8 Å². The van der Waals surface area contributed by atoms with E-state index in [1.54, 1.807) is 0 Å². The van der Waals surface area contributed by atoms with E-state index in [-0.39, 0.29) is 0 Å². The Bertz CT molecular complexity index is 104. The summed E-state index contributed by atoms with van der Waals surface area (Å²) >= 11 is 0. The normalized spacial score (nSPS) is 20.1. The fraction of sp³-hybridized carbons (Fsp3) is 1.00. The van der Waals surface area contributed by atoms with Gasteiger partial charge in [-0.25, -0.2) is 0 Å². The first-order valence-electron chi connectivity index (χ1n) is 6.05. The monoisotopic (exact) mass is 184 g/mol. The summed E-state index contributed by atoms with van der Waals surface area (Å²) in [6.07, 6.45) is 12.7. The summed E-state index contributed by atoms with van der Waals surface area (Å²) in [7, 11) is 0. The molecule has 1 aliphatic rings. The Morgan fingerprint density at radius 3 is 2.31 bits per heavy atom. The van der Waals surface area contributed by atoms with Gasteiger partial charge in [0, 0.05) is 6.61 Å². The minimum Gasteiger partial charge on any atom is -0.378 e. The number of hydrogen-bond acceptors (Lipinski definition) is 1. The predicted molar refractivity (Wildman–Crippen MR) is 57.0 cm³/mol. The summed E-state index contributed by atoms with van der Waals surface area (Å²) in [6.45, 7) is 3.24. The average molecular weight is 184 g/mol. The first-order chi connectivity index (χ1) is 6.43.